The second-order valence-electron chi connectivity index (χ2n) is 6.14. The first-order valence-corrected chi connectivity index (χ1v) is 8.31. The number of carboxylic acid groups (broad SMARTS) is 1. The van der Waals surface area contributed by atoms with E-state index in [9.17, 15) is 9.90 Å². The van der Waals surface area contributed by atoms with Crippen LogP contribution in [0.15, 0.2) is 24.4 Å². The normalized spacial score (nSPS) is 14.8. The first kappa shape index (κ1) is 16.5. The number of ether oxygens (including phenoxy) is 1. The third kappa shape index (κ3) is 3.28. The summed E-state index contributed by atoms with van der Waals surface area (Å²) < 4.78 is 7.78. The zero-order valence-electron chi connectivity index (χ0n) is 14.2. The average Bonchev–Trinajstić information content (AvgIpc) is 2.78. The molecule has 1 aromatic heterocycles. The quantitative estimate of drug-likeness (QED) is 0.913. The smallest absolute Gasteiger partial charge is 0.339 e. The van der Waals surface area contributed by atoms with Gasteiger partial charge in [0.25, 0.3) is 0 Å². The van der Waals surface area contributed by atoms with Gasteiger partial charge in [-0.2, -0.15) is 5.10 Å². The molecular formula is C18H23N3O3. The van der Waals surface area contributed by atoms with Crippen LogP contribution in [0.25, 0.3) is 0 Å². The Bertz CT molecular complexity index is 739. The number of benzene rings is 1. The van der Waals surface area contributed by atoms with Crippen molar-refractivity contribution in [2.75, 3.05) is 13.2 Å². The Morgan fingerprint density at radius 1 is 1.42 bits per heavy atom. The molecule has 1 aliphatic rings. The van der Waals surface area contributed by atoms with Crippen LogP contribution in [0.4, 0.5) is 0 Å². The van der Waals surface area contributed by atoms with Crippen molar-refractivity contribution in [2.24, 2.45) is 0 Å². The van der Waals surface area contributed by atoms with Crippen LogP contribution in [0.2, 0.25) is 0 Å². The number of carbonyl (C=O) groups is 1. The van der Waals surface area contributed by atoms with E-state index in [1.165, 1.54) is 11.3 Å². The molecule has 0 radical (unpaired) electrons. The maximum Gasteiger partial charge on any atom is 0.339 e. The van der Waals surface area contributed by atoms with Gasteiger partial charge in [-0.05, 0) is 19.4 Å². The van der Waals surface area contributed by atoms with Crippen LogP contribution in [0.5, 0.6) is 5.75 Å². The van der Waals surface area contributed by atoms with Crippen LogP contribution in [0.3, 0.4) is 0 Å². The highest BCUT2D eigenvalue weighted by molar-refractivity contribution is 5.91. The van der Waals surface area contributed by atoms with Crippen LogP contribution in [0, 0.1) is 6.92 Å². The summed E-state index contributed by atoms with van der Waals surface area (Å²) in [7, 11) is 0. The van der Waals surface area contributed by atoms with E-state index >= 15 is 0 Å². The standard InChI is InChI=1S/C18H23N3O3/c1-3-7-21-13(2)15(10-19-21)12-20-8-9-24-17-14(11-20)5-4-6-16(17)18(22)23/h4-6,10H,3,7-9,11-12H2,1-2H3,(H,22,23). The molecule has 0 bridgehead atoms. The van der Waals surface area contributed by atoms with Gasteiger partial charge in [-0.1, -0.05) is 19.1 Å². The second-order valence-corrected chi connectivity index (χ2v) is 6.14. The fourth-order valence-electron chi connectivity index (χ4n) is 3.10. The fourth-order valence-corrected chi connectivity index (χ4v) is 3.10. The summed E-state index contributed by atoms with van der Waals surface area (Å²) in [5.74, 6) is -0.442. The lowest BCUT2D eigenvalue weighted by atomic mass is 10.1. The van der Waals surface area contributed by atoms with Crippen molar-refractivity contribution in [3.8, 4) is 5.75 Å². The molecule has 0 amide bonds. The lowest BCUT2D eigenvalue weighted by Gasteiger charge is -2.19. The Morgan fingerprint density at radius 2 is 2.25 bits per heavy atom. The molecule has 0 spiro atoms. The zero-order valence-corrected chi connectivity index (χ0v) is 14.2. The van der Waals surface area contributed by atoms with Gasteiger partial charge in [0, 0.05) is 43.0 Å². The van der Waals surface area contributed by atoms with Crippen molar-refractivity contribution in [2.45, 2.75) is 39.9 Å². The average molecular weight is 329 g/mol. The SMILES string of the molecule is CCCn1ncc(CN2CCOc3c(cccc3C(=O)O)C2)c1C. The fraction of sp³-hybridized carbons (Fsp3) is 0.444. The van der Waals surface area contributed by atoms with Crippen LogP contribution in [-0.2, 0) is 19.6 Å². The summed E-state index contributed by atoms with van der Waals surface area (Å²) in [6.07, 6.45) is 3.00. The Kier molecular flexibility index (Phi) is 4.85. The molecule has 0 saturated heterocycles. The number of hydrogen-bond donors (Lipinski definition) is 1. The van der Waals surface area contributed by atoms with Crippen LogP contribution in [-0.4, -0.2) is 38.9 Å². The highest BCUT2D eigenvalue weighted by Crippen LogP contribution is 2.28. The minimum atomic E-state index is -0.947. The van der Waals surface area contributed by atoms with Crippen molar-refractivity contribution in [3.05, 3.63) is 46.8 Å². The molecule has 0 fully saturated rings. The number of aromatic nitrogens is 2. The van der Waals surface area contributed by atoms with E-state index < -0.39 is 5.97 Å². The summed E-state index contributed by atoms with van der Waals surface area (Å²) in [5.41, 5.74) is 3.56. The topological polar surface area (TPSA) is 67.6 Å². The largest absolute Gasteiger partial charge is 0.491 e. The van der Waals surface area contributed by atoms with Gasteiger partial charge in [-0.15, -0.1) is 0 Å². The number of carboxylic acids is 1. The van der Waals surface area contributed by atoms with Gasteiger partial charge in [0.05, 0.1) is 6.20 Å². The Morgan fingerprint density at radius 3 is 3.00 bits per heavy atom. The number of hydrogen-bond acceptors (Lipinski definition) is 4. The van der Waals surface area contributed by atoms with Gasteiger partial charge in [-0.3, -0.25) is 9.58 Å². The molecule has 128 valence electrons. The predicted molar refractivity (Wildman–Crippen MR) is 90.3 cm³/mol. The molecule has 0 aliphatic carbocycles. The van der Waals surface area contributed by atoms with Crippen molar-refractivity contribution in [1.29, 1.82) is 0 Å². The number of nitrogens with zero attached hydrogens (tertiary/aromatic N) is 3. The van der Waals surface area contributed by atoms with Gasteiger partial charge < -0.3 is 9.84 Å². The maximum atomic E-state index is 11.4. The summed E-state index contributed by atoms with van der Waals surface area (Å²) >= 11 is 0. The molecular weight excluding hydrogens is 306 g/mol. The number of fused-ring (bicyclic) bond motifs is 1. The number of aryl methyl sites for hydroxylation is 1. The molecule has 0 saturated carbocycles. The van der Waals surface area contributed by atoms with Crippen molar-refractivity contribution in [3.63, 3.8) is 0 Å². The van der Waals surface area contributed by atoms with Crippen molar-refractivity contribution < 1.29 is 14.6 Å². The summed E-state index contributed by atoms with van der Waals surface area (Å²) in [6.45, 7) is 7.88. The van der Waals surface area contributed by atoms with Crippen LogP contribution < -0.4 is 4.74 Å². The number of rotatable bonds is 5. The molecule has 2 heterocycles. The minimum absolute atomic E-state index is 0.237. The van der Waals surface area contributed by atoms with Gasteiger partial charge in [0.1, 0.15) is 17.9 Å². The molecule has 24 heavy (non-hydrogen) atoms. The highest BCUT2D eigenvalue weighted by Gasteiger charge is 2.21. The van der Waals surface area contributed by atoms with E-state index in [-0.39, 0.29) is 5.56 Å². The van der Waals surface area contributed by atoms with E-state index in [4.69, 9.17) is 4.74 Å². The van der Waals surface area contributed by atoms with E-state index in [1.807, 2.05) is 16.9 Å². The minimum Gasteiger partial charge on any atom is -0.491 e. The lowest BCUT2D eigenvalue weighted by Crippen LogP contribution is -2.25. The maximum absolute atomic E-state index is 11.4. The molecule has 1 aromatic carbocycles. The molecule has 6 nitrogen and oxygen atoms in total. The Balaban J connectivity index is 1.79. The molecule has 0 atom stereocenters. The summed E-state index contributed by atoms with van der Waals surface area (Å²) in [4.78, 5) is 13.6. The monoisotopic (exact) mass is 329 g/mol. The van der Waals surface area contributed by atoms with Crippen molar-refractivity contribution in [1.82, 2.24) is 14.7 Å². The van der Waals surface area contributed by atoms with Gasteiger partial charge in [0.15, 0.2) is 0 Å². The lowest BCUT2D eigenvalue weighted by molar-refractivity contribution is 0.0692. The summed E-state index contributed by atoms with van der Waals surface area (Å²) in [6, 6.07) is 5.31. The third-order valence-electron chi connectivity index (χ3n) is 4.41. The van der Waals surface area contributed by atoms with Crippen LogP contribution >= 0.6 is 0 Å². The molecule has 2 aromatic rings. The van der Waals surface area contributed by atoms with Gasteiger partial charge >= 0.3 is 5.97 Å². The summed E-state index contributed by atoms with van der Waals surface area (Å²) in [5, 5.41) is 13.8. The Labute approximate surface area is 141 Å². The molecule has 3 rings (SSSR count). The van der Waals surface area contributed by atoms with Crippen molar-refractivity contribution >= 4 is 5.97 Å². The zero-order chi connectivity index (χ0) is 17.1. The molecule has 6 heteroatoms. The molecule has 1 aliphatic heterocycles. The Hall–Kier alpha value is -2.34. The van der Waals surface area contributed by atoms with E-state index in [0.29, 0.717) is 18.9 Å². The second kappa shape index (κ2) is 7.05. The van der Waals surface area contributed by atoms with Gasteiger partial charge in [-0.25, -0.2) is 4.79 Å². The predicted octanol–water partition coefficient (Wildman–Crippen LogP) is 2.69. The third-order valence-corrected chi connectivity index (χ3v) is 4.41. The number of aromatic carboxylic acids is 1. The first-order valence-electron chi connectivity index (χ1n) is 8.31. The molecule has 0 unspecified atom stereocenters. The first-order chi connectivity index (χ1) is 11.6. The van der Waals surface area contributed by atoms with E-state index in [2.05, 4.69) is 23.8 Å². The highest BCUT2D eigenvalue weighted by atomic mass is 16.5. The number of para-hydroxylation sites is 1. The van der Waals surface area contributed by atoms with Gasteiger partial charge in [0.2, 0.25) is 0 Å². The molecule has 1 N–H and O–H groups in total. The van der Waals surface area contributed by atoms with Crippen LogP contribution in [0.1, 0.15) is 40.5 Å². The van der Waals surface area contributed by atoms with E-state index in [1.54, 1.807) is 12.1 Å². The van der Waals surface area contributed by atoms with E-state index in [0.717, 1.165) is 31.6 Å².